The summed E-state index contributed by atoms with van der Waals surface area (Å²) in [5.41, 5.74) is 2.06. The predicted molar refractivity (Wildman–Crippen MR) is 125 cm³/mol. The molecular formula is C23H22N4O4S. The van der Waals surface area contributed by atoms with E-state index in [4.69, 9.17) is 9.47 Å². The number of aryl methyl sites for hydroxylation is 1. The average molecular weight is 451 g/mol. The summed E-state index contributed by atoms with van der Waals surface area (Å²) >= 11 is 1.43. The molecule has 0 bridgehead atoms. The van der Waals surface area contributed by atoms with Crippen LogP contribution in [0.25, 0.3) is 21.5 Å². The number of carbonyl (C=O) groups excluding carboxylic acids is 1. The van der Waals surface area contributed by atoms with Crippen molar-refractivity contribution in [2.24, 2.45) is 0 Å². The number of nitrogens with zero attached hydrogens (tertiary/aromatic N) is 3. The third kappa shape index (κ3) is 4.78. The van der Waals surface area contributed by atoms with Crippen molar-refractivity contribution < 1.29 is 14.3 Å². The molecule has 0 aliphatic rings. The van der Waals surface area contributed by atoms with E-state index < -0.39 is 0 Å². The van der Waals surface area contributed by atoms with Crippen LogP contribution < -0.4 is 20.3 Å². The van der Waals surface area contributed by atoms with Crippen LogP contribution in [0.2, 0.25) is 0 Å². The molecule has 2 aromatic carbocycles. The highest BCUT2D eigenvalue weighted by atomic mass is 32.1. The van der Waals surface area contributed by atoms with Crippen molar-refractivity contribution in [1.29, 1.82) is 0 Å². The van der Waals surface area contributed by atoms with Crippen LogP contribution in [0, 0.1) is 0 Å². The number of benzene rings is 2. The van der Waals surface area contributed by atoms with Crippen molar-refractivity contribution in [3.63, 3.8) is 0 Å². The fraction of sp³-hybridized carbons (Fsp3) is 0.217. The lowest BCUT2D eigenvalue weighted by Crippen LogP contribution is -2.23. The van der Waals surface area contributed by atoms with E-state index in [9.17, 15) is 9.59 Å². The SMILES string of the molecule is COc1ccc(-c2ccc(=O)n(CCCC(=O)Nc3nc4ccccc4s3)n2)cc1OC. The number of aromatic nitrogens is 3. The number of fused-ring (bicyclic) bond motifs is 1. The molecule has 0 saturated heterocycles. The standard InChI is InChI=1S/C23H22N4O4S/c1-30-18-11-9-15(14-19(18)31-2)16-10-12-22(29)27(26-16)13-5-8-21(28)25-23-24-17-6-3-4-7-20(17)32-23/h3-4,6-7,9-12,14H,5,8,13H2,1-2H3,(H,24,25,28). The smallest absolute Gasteiger partial charge is 0.266 e. The van der Waals surface area contributed by atoms with Crippen molar-refractivity contribution in [2.75, 3.05) is 19.5 Å². The summed E-state index contributed by atoms with van der Waals surface area (Å²) in [6.07, 6.45) is 0.726. The first-order valence-electron chi connectivity index (χ1n) is 10.0. The van der Waals surface area contributed by atoms with Gasteiger partial charge in [-0.25, -0.2) is 9.67 Å². The Morgan fingerprint density at radius 3 is 2.66 bits per heavy atom. The van der Waals surface area contributed by atoms with Crippen molar-refractivity contribution in [3.05, 3.63) is 65.0 Å². The molecule has 0 atom stereocenters. The molecule has 2 heterocycles. The first kappa shape index (κ1) is 21.5. The number of hydrogen-bond acceptors (Lipinski definition) is 7. The number of thiazole rings is 1. The first-order chi connectivity index (χ1) is 15.6. The third-order valence-electron chi connectivity index (χ3n) is 4.86. The van der Waals surface area contributed by atoms with Crippen LogP contribution in [0.5, 0.6) is 11.5 Å². The zero-order chi connectivity index (χ0) is 22.5. The number of amides is 1. The maximum Gasteiger partial charge on any atom is 0.266 e. The van der Waals surface area contributed by atoms with Crippen LogP contribution in [0.1, 0.15) is 12.8 Å². The zero-order valence-electron chi connectivity index (χ0n) is 17.7. The van der Waals surface area contributed by atoms with E-state index in [1.165, 1.54) is 22.1 Å². The van der Waals surface area contributed by atoms with Gasteiger partial charge in [0.2, 0.25) is 5.91 Å². The Hall–Kier alpha value is -3.72. The summed E-state index contributed by atoms with van der Waals surface area (Å²) in [5, 5.41) is 7.85. The first-order valence-corrected chi connectivity index (χ1v) is 10.8. The molecular weight excluding hydrogens is 428 g/mol. The molecule has 9 heteroatoms. The molecule has 1 N–H and O–H groups in total. The van der Waals surface area contributed by atoms with E-state index in [0.29, 0.717) is 35.3 Å². The lowest BCUT2D eigenvalue weighted by Gasteiger charge is -2.10. The normalized spacial score (nSPS) is 10.8. The highest BCUT2D eigenvalue weighted by Gasteiger charge is 2.10. The second-order valence-corrected chi connectivity index (χ2v) is 8.02. The third-order valence-corrected chi connectivity index (χ3v) is 5.81. The molecule has 4 rings (SSSR count). The lowest BCUT2D eigenvalue weighted by atomic mass is 10.1. The number of nitrogens with one attached hydrogen (secondary N) is 1. The quantitative estimate of drug-likeness (QED) is 0.437. The second kappa shape index (κ2) is 9.61. The molecule has 164 valence electrons. The van der Waals surface area contributed by atoms with Crippen LogP contribution in [0.15, 0.2) is 59.4 Å². The predicted octanol–water partition coefficient (Wildman–Crippen LogP) is 3.96. The highest BCUT2D eigenvalue weighted by molar-refractivity contribution is 7.22. The Morgan fingerprint density at radius 2 is 1.88 bits per heavy atom. The van der Waals surface area contributed by atoms with Crippen molar-refractivity contribution in [3.8, 4) is 22.8 Å². The number of anilines is 1. The number of rotatable bonds is 8. The molecule has 2 aromatic heterocycles. The molecule has 0 aliphatic heterocycles. The topological polar surface area (TPSA) is 95.3 Å². The van der Waals surface area contributed by atoms with Gasteiger partial charge in [0.25, 0.3) is 5.56 Å². The summed E-state index contributed by atoms with van der Waals surface area (Å²) < 4.78 is 13.0. The van der Waals surface area contributed by atoms with Crippen LogP contribution in [-0.4, -0.2) is 34.9 Å². The Bertz CT molecular complexity index is 1280. The maximum absolute atomic E-state index is 12.3. The molecule has 0 aliphatic carbocycles. The molecule has 0 radical (unpaired) electrons. The van der Waals surface area contributed by atoms with Crippen LogP contribution in [-0.2, 0) is 11.3 Å². The molecule has 0 saturated carbocycles. The summed E-state index contributed by atoms with van der Waals surface area (Å²) in [6, 6.07) is 16.3. The fourth-order valence-corrected chi connectivity index (χ4v) is 4.14. The van der Waals surface area contributed by atoms with Crippen LogP contribution in [0.3, 0.4) is 0 Å². The van der Waals surface area contributed by atoms with Crippen molar-refractivity contribution in [2.45, 2.75) is 19.4 Å². The van der Waals surface area contributed by atoms with E-state index in [-0.39, 0.29) is 17.9 Å². The Morgan fingerprint density at radius 1 is 1.06 bits per heavy atom. The molecule has 0 spiro atoms. The van der Waals surface area contributed by atoms with Gasteiger partial charge in [0, 0.05) is 24.6 Å². The van der Waals surface area contributed by atoms with Crippen LogP contribution in [0.4, 0.5) is 5.13 Å². The number of methoxy groups -OCH3 is 2. The number of carbonyl (C=O) groups is 1. The van der Waals surface area contributed by atoms with Gasteiger partial charge in [-0.05, 0) is 42.8 Å². The van der Waals surface area contributed by atoms with Gasteiger partial charge in [0.15, 0.2) is 16.6 Å². The fourth-order valence-electron chi connectivity index (χ4n) is 3.26. The summed E-state index contributed by atoms with van der Waals surface area (Å²) in [4.78, 5) is 28.9. The second-order valence-electron chi connectivity index (χ2n) is 6.99. The van der Waals surface area contributed by atoms with Crippen molar-refractivity contribution >= 4 is 32.6 Å². The van der Waals surface area contributed by atoms with Crippen LogP contribution >= 0.6 is 11.3 Å². The molecule has 0 unspecified atom stereocenters. The number of hydrogen-bond donors (Lipinski definition) is 1. The van der Waals surface area contributed by atoms with Gasteiger partial charge >= 0.3 is 0 Å². The molecule has 1 amide bonds. The Kier molecular flexibility index (Phi) is 6.46. The molecule has 32 heavy (non-hydrogen) atoms. The minimum Gasteiger partial charge on any atom is -0.493 e. The van der Waals surface area contributed by atoms with Gasteiger partial charge < -0.3 is 14.8 Å². The van der Waals surface area contributed by atoms with E-state index in [2.05, 4.69) is 15.4 Å². The monoisotopic (exact) mass is 450 g/mol. The summed E-state index contributed by atoms with van der Waals surface area (Å²) in [6.45, 7) is 0.327. The minimum atomic E-state index is -0.221. The van der Waals surface area contributed by atoms with Gasteiger partial charge in [-0.2, -0.15) is 5.10 Å². The molecule has 8 nitrogen and oxygen atoms in total. The number of para-hydroxylation sites is 1. The summed E-state index contributed by atoms with van der Waals surface area (Å²) in [7, 11) is 3.14. The van der Waals surface area contributed by atoms with Crippen molar-refractivity contribution in [1.82, 2.24) is 14.8 Å². The maximum atomic E-state index is 12.3. The lowest BCUT2D eigenvalue weighted by molar-refractivity contribution is -0.116. The number of ether oxygens (including phenoxy) is 2. The Balaban J connectivity index is 1.40. The zero-order valence-corrected chi connectivity index (χ0v) is 18.5. The average Bonchev–Trinajstić information content (AvgIpc) is 3.22. The van der Waals surface area contributed by atoms with Gasteiger partial charge in [-0.1, -0.05) is 23.5 Å². The van der Waals surface area contributed by atoms with Gasteiger partial charge in [0.1, 0.15) is 0 Å². The van der Waals surface area contributed by atoms with E-state index in [1.807, 2.05) is 30.3 Å². The Labute approximate surface area is 188 Å². The van der Waals surface area contributed by atoms with Gasteiger partial charge in [-0.3, -0.25) is 9.59 Å². The van der Waals surface area contributed by atoms with E-state index >= 15 is 0 Å². The summed E-state index contributed by atoms with van der Waals surface area (Å²) in [5.74, 6) is 1.05. The minimum absolute atomic E-state index is 0.145. The highest BCUT2D eigenvalue weighted by Crippen LogP contribution is 2.31. The largest absolute Gasteiger partial charge is 0.493 e. The van der Waals surface area contributed by atoms with E-state index in [1.54, 1.807) is 32.4 Å². The van der Waals surface area contributed by atoms with E-state index in [0.717, 1.165) is 15.8 Å². The molecule has 0 fully saturated rings. The van der Waals surface area contributed by atoms with Gasteiger partial charge in [-0.15, -0.1) is 0 Å². The van der Waals surface area contributed by atoms with Gasteiger partial charge in [0.05, 0.1) is 30.1 Å². The molecule has 4 aromatic rings.